The van der Waals surface area contributed by atoms with Crippen LogP contribution in [0.4, 0.5) is 4.79 Å². The summed E-state index contributed by atoms with van der Waals surface area (Å²) >= 11 is 0. The van der Waals surface area contributed by atoms with Gasteiger partial charge < -0.3 is 15.7 Å². The number of rotatable bonds is 5. The molecule has 2 amide bonds. The Morgan fingerprint density at radius 2 is 1.92 bits per heavy atom. The van der Waals surface area contributed by atoms with Gasteiger partial charge in [-0.3, -0.25) is 4.79 Å². The molecule has 0 aliphatic heterocycles. The van der Waals surface area contributed by atoms with E-state index in [9.17, 15) is 9.59 Å². The van der Waals surface area contributed by atoms with Crippen molar-refractivity contribution >= 4 is 12.0 Å². The standard InChI is InChI=1S/C8H16N2O3/c1-3-6(7(11)12)5-10-8(13)9-4-2/h6H,3-5H2,1-2H3,(H,11,12)(H2,9,10,13). The minimum absolute atomic E-state index is 0.178. The van der Waals surface area contributed by atoms with Gasteiger partial charge in [0.05, 0.1) is 5.92 Å². The average molecular weight is 188 g/mol. The molecule has 0 saturated heterocycles. The fraction of sp³-hybridized carbons (Fsp3) is 0.750. The summed E-state index contributed by atoms with van der Waals surface area (Å²) in [6, 6.07) is -0.317. The predicted octanol–water partition coefficient (Wildman–Crippen LogP) is 0.416. The Kier molecular flexibility index (Phi) is 5.67. The Morgan fingerprint density at radius 1 is 1.31 bits per heavy atom. The second-order valence-corrected chi connectivity index (χ2v) is 2.68. The monoisotopic (exact) mass is 188 g/mol. The van der Waals surface area contributed by atoms with E-state index in [1.165, 1.54) is 0 Å². The first-order valence-electron chi connectivity index (χ1n) is 4.36. The van der Waals surface area contributed by atoms with Gasteiger partial charge in [0.15, 0.2) is 0 Å². The Hall–Kier alpha value is -1.26. The van der Waals surface area contributed by atoms with Gasteiger partial charge in [-0.25, -0.2) is 4.79 Å². The van der Waals surface area contributed by atoms with Gasteiger partial charge in [0, 0.05) is 13.1 Å². The van der Waals surface area contributed by atoms with Crippen LogP contribution in [0.25, 0.3) is 0 Å². The van der Waals surface area contributed by atoms with Crippen LogP contribution in [-0.4, -0.2) is 30.2 Å². The number of urea groups is 1. The third-order valence-corrected chi connectivity index (χ3v) is 1.69. The molecule has 13 heavy (non-hydrogen) atoms. The molecule has 0 spiro atoms. The summed E-state index contributed by atoms with van der Waals surface area (Å²) in [5, 5.41) is 13.7. The van der Waals surface area contributed by atoms with E-state index in [-0.39, 0.29) is 12.6 Å². The summed E-state index contributed by atoms with van der Waals surface area (Å²) in [6.45, 7) is 4.29. The van der Waals surface area contributed by atoms with E-state index >= 15 is 0 Å². The van der Waals surface area contributed by atoms with Crippen LogP contribution in [0.1, 0.15) is 20.3 Å². The number of carboxylic acid groups (broad SMARTS) is 1. The molecule has 5 nitrogen and oxygen atoms in total. The number of carbonyl (C=O) groups is 2. The zero-order valence-electron chi connectivity index (χ0n) is 7.96. The highest BCUT2D eigenvalue weighted by molar-refractivity contribution is 5.75. The maximum Gasteiger partial charge on any atom is 0.314 e. The zero-order valence-corrected chi connectivity index (χ0v) is 7.96. The Balaban J connectivity index is 3.72. The predicted molar refractivity (Wildman–Crippen MR) is 48.5 cm³/mol. The van der Waals surface area contributed by atoms with E-state index in [0.717, 1.165) is 0 Å². The molecule has 5 heteroatoms. The van der Waals surface area contributed by atoms with Crippen LogP contribution < -0.4 is 10.6 Å². The van der Waals surface area contributed by atoms with Crippen LogP contribution in [0.3, 0.4) is 0 Å². The SMILES string of the molecule is CCNC(=O)NCC(CC)C(=O)O. The lowest BCUT2D eigenvalue weighted by Crippen LogP contribution is -2.39. The molecule has 0 aromatic rings. The van der Waals surface area contributed by atoms with Crippen LogP contribution in [-0.2, 0) is 4.79 Å². The fourth-order valence-corrected chi connectivity index (χ4v) is 0.845. The van der Waals surface area contributed by atoms with Gasteiger partial charge in [-0.15, -0.1) is 0 Å². The van der Waals surface area contributed by atoms with Crippen molar-refractivity contribution in [2.45, 2.75) is 20.3 Å². The van der Waals surface area contributed by atoms with E-state index in [2.05, 4.69) is 10.6 Å². The number of carboxylic acids is 1. The van der Waals surface area contributed by atoms with Crippen molar-refractivity contribution in [3.05, 3.63) is 0 Å². The van der Waals surface area contributed by atoms with Gasteiger partial charge >= 0.3 is 12.0 Å². The Morgan fingerprint density at radius 3 is 2.31 bits per heavy atom. The molecule has 3 N–H and O–H groups in total. The van der Waals surface area contributed by atoms with Crippen molar-refractivity contribution in [3.63, 3.8) is 0 Å². The van der Waals surface area contributed by atoms with Crippen molar-refractivity contribution < 1.29 is 14.7 Å². The Bertz CT molecular complexity index is 182. The van der Waals surface area contributed by atoms with E-state index in [1.54, 1.807) is 13.8 Å². The quantitative estimate of drug-likeness (QED) is 0.585. The molecule has 0 aromatic heterocycles. The van der Waals surface area contributed by atoms with Crippen molar-refractivity contribution in [2.75, 3.05) is 13.1 Å². The van der Waals surface area contributed by atoms with Crippen molar-refractivity contribution in [1.29, 1.82) is 0 Å². The first kappa shape index (κ1) is 11.7. The summed E-state index contributed by atoms with van der Waals surface area (Å²) in [6.07, 6.45) is 0.516. The molecular formula is C8H16N2O3. The molecule has 0 aliphatic carbocycles. The fourth-order valence-electron chi connectivity index (χ4n) is 0.845. The van der Waals surface area contributed by atoms with Crippen LogP contribution in [0.5, 0.6) is 0 Å². The molecule has 0 aliphatic rings. The summed E-state index contributed by atoms with van der Waals surface area (Å²) in [7, 11) is 0. The van der Waals surface area contributed by atoms with Gasteiger partial charge in [-0.1, -0.05) is 6.92 Å². The highest BCUT2D eigenvalue weighted by Crippen LogP contribution is 1.99. The van der Waals surface area contributed by atoms with Crippen molar-refractivity contribution in [3.8, 4) is 0 Å². The molecule has 0 aromatic carbocycles. The highest BCUT2D eigenvalue weighted by Gasteiger charge is 2.15. The maximum atomic E-state index is 10.9. The topological polar surface area (TPSA) is 78.4 Å². The lowest BCUT2D eigenvalue weighted by molar-refractivity contribution is -0.141. The largest absolute Gasteiger partial charge is 0.481 e. The number of aliphatic carboxylic acids is 1. The van der Waals surface area contributed by atoms with E-state index in [0.29, 0.717) is 13.0 Å². The third kappa shape index (κ3) is 5.05. The van der Waals surface area contributed by atoms with Crippen LogP contribution in [0.15, 0.2) is 0 Å². The number of hydrogen-bond donors (Lipinski definition) is 3. The van der Waals surface area contributed by atoms with Crippen LogP contribution in [0, 0.1) is 5.92 Å². The van der Waals surface area contributed by atoms with Gasteiger partial charge in [-0.05, 0) is 13.3 Å². The number of amides is 2. The lowest BCUT2D eigenvalue weighted by atomic mass is 10.1. The number of hydrogen-bond acceptors (Lipinski definition) is 2. The number of nitrogens with one attached hydrogen (secondary N) is 2. The van der Waals surface area contributed by atoms with Gasteiger partial charge in [-0.2, -0.15) is 0 Å². The molecule has 0 heterocycles. The normalized spacial score (nSPS) is 11.8. The second kappa shape index (κ2) is 6.28. The van der Waals surface area contributed by atoms with Gasteiger partial charge in [0.1, 0.15) is 0 Å². The average Bonchev–Trinajstić information content (AvgIpc) is 2.05. The highest BCUT2D eigenvalue weighted by atomic mass is 16.4. The summed E-state index contributed by atoms with van der Waals surface area (Å²) in [4.78, 5) is 21.4. The molecule has 76 valence electrons. The molecule has 0 saturated carbocycles. The summed E-state index contributed by atoms with van der Waals surface area (Å²) in [5.41, 5.74) is 0. The van der Waals surface area contributed by atoms with Gasteiger partial charge in [0.25, 0.3) is 0 Å². The first-order valence-corrected chi connectivity index (χ1v) is 4.36. The Labute approximate surface area is 77.5 Å². The molecule has 0 bridgehead atoms. The molecule has 1 atom stereocenters. The van der Waals surface area contributed by atoms with Crippen LogP contribution in [0.2, 0.25) is 0 Å². The van der Waals surface area contributed by atoms with Crippen molar-refractivity contribution in [2.24, 2.45) is 5.92 Å². The van der Waals surface area contributed by atoms with E-state index in [1.807, 2.05) is 0 Å². The van der Waals surface area contributed by atoms with E-state index in [4.69, 9.17) is 5.11 Å². The summed E-state index contributed by atoms with van der Waals surface area (Å²) < 4.78 is 0. The molecule has 1 unspecified atom stereocenters. The molecular weight excluding hydrogens is 172 g/mol. The second-order valence-electron chi connectivity index (χ2n) is 2.68. The van der Waals surface area contributed by atoms with Crippen LogP contribution >= 0.6 is 0 Å². The zero-order chi connectivity index (χ0) is 10.3. The molecule has 0 rings (SSSR count). The van der Waals surface area contributed by atoms with Gasteiger partial charge in [0.2, 0.25) is 0 Å². The maximum absolute atomic E-state index is 10.9. The number of carbonyl (C=O) groups excluding carboxylic acids is 1. The van der Waals surface area contributed by atoms with E-state index < -0.39 is 11.9 Å². The minimum atomic E-state index is -0.876. The summed E-state index contributed by atoms with van der Waals surface area (Å²) in [5.74, 6) is -1.37. The lowest BCUT2D eigenvalue weighted by Gasteiger charge is -2.10. The minimum Gasteiger partial charge on any atom is -0.481 e. The molecule has 0 radical (unpaired) electrons. The third-order valence-electron chi connectivity index (χ3n) is 1.69. The first-order chi connectivity index (χ1) is 6.11. The van der Waals surface area contributed by atoms with Crippen molar-refractivity contribution in [1.82, 2.24) is 10.6 Å². The molecule has 0 fully saturated rings. The smallest absolute Gasteiger partial charge is 0.314 e.